The van der Waals surface area contributed by atoms with E-state index in [1.165, 1.54) is 199 Å². The molecule has 0 aliphatic rings. The van der Waals surface area contributed by atoms with E-state index in [1.54, 1.807) is 0 Å². The van der Waals surface area contributed by atoms with Crippen LogP contribution < -0.4 is 0 Å². The largest absolute Gasteiger partial charge is 0.462 e. The van der Waals surface area contributed by atoms with Crippen LogP contribution in [0.4, 0.5) is 0 Å². The predicted molar refractivity (Wildman–Crippen MR) is 302 cm³/mol. The van der Waals surface area contributed by atoms with E-state index in [0.717, 1.165) is 83.5 Å². The van der Waals surface area contributed by atoms with E-state index >= 15 is 0 Å². The summed E-state index contributed by atoms with van der Waals surface area (Å²) in [5, 5.41) is 0. The molecule has 0 amide bonds. The number of carbonyl (C=O) groups is 3. The van der Waals surface area contributed by atoms with Gasteiger partial charge in [0.25, 0.3) is 0 Å². The van der Waals surface area contributed by atoms with E-state index in [1.807, 2.05) is 0 Å². The molecule has 0 aromatic heterocycles. The Morgan fingerprint density at radius 3 is 0.871 bits per heavy atom. The maximum absolute atomic E-state index is 12.8. The van der Waals surface area contributed by atoms with Crippen LogP contribution in [0.15, 0.2) is 48.6 Å². The molecule has 0 aromatic rings. The van der Waals surface area contributed by atoms with E-state index < -0.39 is 6.10 Å². The third kappa shape index (κ3) is 56.3. The molecule has 0 saturated carbocycles. The van der Waals surface area contributed by atoms with Gasteiger partial charge in [-0.3, -0.25) is 14.4 Å². The van der Waals surface area contributed by atoms with Gasteiger partial charge >= 0.3 is 17.9 Å². The lowest BCUT2D eigenvalue weighted by molar-refractivity contribution is -0.167. The van der Waals surface area contributed by atoms with Crippen LogP contribution in [0.5, 0.6) is 0 Å². The zero-order valence-electron chi connectivity index (χ0n) is 46.8. The standard InChI is InChI=1S/C64H116O6/c1-4-7-10-13-16-19-22-24-26-27-28-29-30-31-32-33-34-35-36-37-39-40-42-45-48-51-54-57-63(66)69-60-61(59-68-62(65)56-53-50-47-44-21-18-15-12-9-6-3)70-64(67)58-55-52-49-46-43-41-38-25-23-20-17-14-11-8-5-2/h12,15,22,24,27-28,30-31,61H,4-11,13-14,16-21,23,25-26,29,32-60H2,1-3H3/b15-12-,24-22-,28-27-,31-30-. The Labute approximate surface area is 435 Å². The summed E-state index contributed by atoms with van der Waals surface area (Å²) in [5.41, 5.74) is 0. The Bertz CT molecular complexity index is 1220. The quantitative estimate of drug-likeness (QED) is 0.0261. The van der Waals surface area contributed by atoms with E-state index in [0.29, 0.717) is 19.3 Å². The van der Waals surface area contributed by atoms with Crippen molar-refractivity contribution < 1.29 is 28.6 Å². The number of carbonyl (C=O) groups excluding carboxylic acids is 3. The maximum atomic E-state index is 12.8. The number of hydrogen-bond donors (Lipinski definition) is 0. The van der Waals surface area contributed by atoms with Crippen LogP contribution in [0.25, 0.3) is 0 Å². The number of unbranched alkanes of at least 4 members (excludes halogenated alkanes) is 37. The van der Waals surface area contributed by atoms with Gasteiger partial charge in [-0.05, 0) is 77.0 Å². The smallest absolute Gasteiger partial charge is 0.306 e. The molecule has 0 aliphatic carbocycles. The molecule has 6 heteroatoms. The normalized spacial score (nSPS) is 12.3. The molecule has 1 atom stereocenters. The molecule has 0 aliphatic heterocycles. The van der Waals surface area contributed by atoms with Gasteiger partial charge in [0.05, 0.1) is 0 Å². The molecule has 408 valence electrons. The van der Waals surface area contributed by atoms with Gasteiger partial charge in [0, 0.05) is 19.3 Å². The molecule has 0 aromatic carbocycles. The Kier molecular flexibility index (Phi) is 56.7. The van der Waals surface area contributed by atoms with Crippen LogP contribution in [0, 0.1) is 0 Å². The van der Waals surface area contributed by atoms with Gasteiger partial charge in [-0.25, -0.2) is 0 Å². The molecule has 0 bridgehead atoms. The van der Waals surface area contributed by atoms with Crippen molar-refractivity contribution in [2.24, 2.45) is 0 Å². The fourth-order valence-electron chi connectivity index (χ4n) is 8.92. The number of rotatable bonds is 56. The van der Waals surface area contributed by atoms with Crippen molar-refractivity contribution in [1.82, 2.24) is 0 Å². The van der Waals surface area contributed by atoms with Crippen LogP contribution in [-0.2, 0) is 28.6 Å². The van der Waals surface area contributed by atoms with Crippen molar-refractivity contribution in [1.29, 1.82) is 0 Å². The molecule has 1 unspecified atom stereocenters. The molecule has 0 heterocycles. The van der Waals surface area contributed by atoms with Crippen molar-refractivity contribution in [3.8, 4) is 0 Å². The maximum Gasteiger partial charge on any atom is 0.306 e. The van der Waals surface area contributed by atoms with Crippen molar-refractivity contribution in [2.75, 3.05) is 13.2 Å². The van der Waals surface area contributed by atoms with Crippen LogP contribution >= 0.6 is 0 Å². The van der Waals surface area contributed by atoms with Gasteiger partial charge in [-0.15, -0.1) is 0 Å². The Hall–Kier alpha value is -2.63. The monoisotopic (exact) mass is 981 g/mol. The van der Waals surface area contributed by atoms with Gasteiger partial charge in [-0.2, -0.15) is 0 Å². The minimum absolute atomic E-state index is 0.0733. The van der Waals surface area contributed by atoms with Crippen molar-refractivity contribution in [3.05, 3.63) is 48.6 Å². The summed E-state index contributed by atoms with van der Waals surface area (Å²) >= 11 is 0. The third-order valence-electron chi connectivity index (χ3n) is 13.5. The summed E-state index contributed by atoms with van der Waals surface area (Å²) in [6.45, 7) is 6.60. The highest BCUT2D eigenvalue weighted by Gasteiger charge is 2.19. The topological polar surface area (TPSA) is 78.9 Å². The first kappa shape index (κ1) is 67.4. The minimum atomic E-state index is -0.773. The zero-order valence-corrected chi connectivity index (χ0v) is 46.8. The summed E-state index contributed by atoms with van der Waals surface area (Å²) in [6, 6.07) is 0. The average molecular weight is 982 g/mol. The number of allylic oxidation sites excluding steroid dienone is 8. The SMILES string of the molecule is CCC/C=C\CCCCCCCC(=O)OCC(COC(=O)CCCCCCCCCCCCCC/C=C\C/C=C\C/C=C\CCCCCCC)OC(=O)CCCCCCCCCCCCCCCCC. The molecule has 70 heavy (non-hydrogen) atoms. The van der Waals surface area contributed by atoms with Gasteiger partial charge in [0.15, 0.2) is 6.10 Å². The van der Waals surface area contributed by atoms with Gasteiger partial charge in [-0.1, -0.05) is 275 Å². The van der Waals surface area contributed by atoms with Gasteiger partial charge < -0.3 is 14.2 Å². The highest BCUT2D eigenvalue weighted by atomic mass is 16.6. The Morgan fingerprint density at radius 2 is 0.543 bits per heavy atom. The lowest BCUT2D eigenvalue weighted by Gasteiger charge is -2.18. The molecule has 0 saturated heterocycles. The van der Waals surface area contributed by atoms with Crippen molar-refractivity contribution in [2.45, 2.75) is 329 Å². The third-order valence-corrected chi connectivity index (χ3v) is 13.5. The highest BCUT2D eigenvalue weighted by molar-refractivity contribution is 5.71. The summed E-state index contributed by atoms with van der Waals surface area (Å²) in [7, 11) is 0. The van der Waals surface area contributed by atoms with Crippen LogP contribution in [-0.4, -0.2) is 37.2 Å². The minimum Gasteiger partial charge on any atom is -0.462 e. The molecular formula is C64H116O6. The highest BCUT2D eigenvalue weighted by Crippen LogP contribution is 2.17. The number of ether oxygens (including phenoxy) is 3. The summed E-state index contributed by atoms with van der Waals surface area (Å²) in [6.07, 6.45) is 72.6. The second-order valence-electron chi connectivity index (χ2n) is 20.6. The molecule has 0 fully saturated rings. The van der Waals surface area contributed by atoms with E-state index in [4.69, 9.17) is 14.2 Å². The lowest BCUT2D eigenvalue weighted by Crippen LogP contribution is -2.30. The average Bonchev–Trinajstić information content (AvgIpc) is 3.36. The molecule has 6 nitrogen and oxygen atoms in total. The fourth-order valence-corrected chi connectivity index (χ4v) is 8.92. The first-order valence-corrected chi connectivity index (χ1v) is 30.6. The summed E-state index contributed by atoms with van der Waals surface area (Å²) < 4.78 is 16.9. The van der Waals surface area contributed by atoms with Crippen LogP contribution in [0.1, 0.15) is 323 Å². The second-order valence-corrected chi connectivity index (χ2v) is 20.6. The van der Waals surface area contributed by atoms with E-state index in [9.17, 15) is 14.4 Å². The summed E-state index contributed by atoms with van der Waals surface area (Å²) in [4.78, 5) is 38.1. The molecule has 0 spiro atoms. The van der Waals surface area contributed by atoms with Crippen molar-refractivity contribution in [3.63, 3.8) is 0 Å². The van der Waals surface area contributed by atoms with Crippen LogP contribution in [0.3, 0.4) is 0 Å². The van der Waals surface area contributed by atoms with Gasteiger partial charge in [0.1, 0.15) is 13.2 Å². The molecule has 0 radical (unpaired) electrons. The predicted octanol–water partition coefficient (Wildman–Crippen LogP) is 20.6. The van der Waals surface area contributed by atoms with Crippen molar-refractivity contribution >= 4 is 17.9 Å². The number of esters is 3. The molecular weight excluding hydrogens is 865 g/mol. The van der Waals surface area contributed by atoms with E-state index in [-0.39, 0.29) is 31.1 Å². The summed E-state index contributed by atoms with van der Waals surface area (Å²) in [5.74, 6) is -0.870. The van der Waals surface area contributed by atoms with Gasteiger partial charge in [0.2, 0.25) is 0 Å². The molecule has 0 N–H and O–H groups in total. The Morgan fingerprint density at radius 1 is 0.286 bits per heavy atom. The second kappa shape index (κ2) is 58.9. The zero-order chi connectivity index (χ0) is 50.7. The molecule has 0 rings (SSSR count). The fraction of sp³-hybridized carbons (Fsp3) is 0.828. The first-order valence-electron chi connectivity index (χ1n) is 30.6. The van der Waals surface area contributed by atoms with E-state index in [2.05, 4.69) is 69.4 Å². The first-order chi connectivity index (χ1) is 34.5. The van der Waals surface area contributed by atoms with Crippen LogP contribution in [0.2, 0.25) is 0 Å². The lowest BCUT2D eigenvalue weighted by atomic mass is 10.0. The number of hydrogen-bond acceptors (Lipinski definition) is 6. The Balaban J connectivity index is 4.17.